The molecule has 174 valence electrons. The van der Waals surface area contributed by atoms with Crippen LogP contribution in [0.5, 0.6) is 5.75 Å². The van der Waals surface area contributed by atoms with Crippen LogP contribution in [0.4, 0.5) is 10.5 Å². The third-order valence-corrected chi connectivity index (χ3v) is 5.41. The molecular formula is C25H22N2O7. The summed E-state index contributed by atoms with van der Waals surface area (Å²) in [5.41, 5.74) is 6.56. The van der Waals surface area contributed by atoms with Gasteiger partial charge in [0.2, 0.25) is 0 Å². The highest BCUT2D eigenvalue weighted by Crippen LogP contribution is 2.44. The molecule has 0 atom stereocenters. The number of methoxy groups -OCH3 is 1. The van der Waals surface area contributed by atoms with E-state index in [0.29, 0.717) is 5.75 Å². The zero-order valence-electron chi connectivity index (χ0n) is 18.2. The molecule has 0 aliphatic heterocycles. The van der Waals surface area contributed by atoms with E-state index in [9.17, 15) is 14.4 Å². The Balaban J connectivity index is 1.47. The Morgan fingerprint density at radius 1 is 0.941 bits per heavy atom. The van der Waals surface area contributed by atoms with E-state index in [-0.39, 0.29) is 23.8 Å². The number of carbonyl (C=O) groups excluding carboxylic acids is 2. The van der Waals surface area contributed by atoms with Crippen LogP contribution in [0.1, 0.15) is 27.4 Å². The van der Waals surface area contributed by atoms with Crippen LogP contribution >= 0.6 is 0 Å². The van der Waals surface area contributed by atoms with Gasteiger partial charge in [-0.05, 0) is 34.4 Å². The van der Waals surface area contributed by atoms with E-state index in [4.69, 9.17) is 14.6 Å². The van der Waals surface area contributed by atoms with E-state index >= 15 is 0 Å². The number of carbonyl (C=O) groups is 3. The average Bonchev–Trinajstić information content (AvgIpc) is 3.16. The summed E-state index contributed by atoms with van der Waals surface area (Å²) in [6.07, 6.45) is -0.754. The molecule has 1 aliphatic rings. The maximum absolute atomic E-state index is 12.7. The molecule has 4 rings (SSSR count). The predicted molar refractivity (Wildman–Crippen MR) is 123 cm³/mol. The summed E-state index contributed by atoms with van der Waals surface area (Å²) in [6.45, 7) is -0.607. The molecule has 9 heteroatoms. The lowest BCUT2D eigenvalue weighted by Gasteiger charge is -2.16. The normalized spacial score (nSPS) is 11.8. The van der Waals surface area contributed by atoms with Crippen molar-refractivity contribution >= 4 is 23.7 Å². The Morgan fingerprint density at radius 2 is 1.59 bits per heavy atom. The molecule has 1 aliphatic carbocycles. The summed E-state index contributed by atoms with van der Waals surface area (Å²) in [5.74, 6) is -1.70. The number of amides is 2. The molecule has 0 saturated carbocycles. The SMILES string of the molecule is COc1ccc(C(=O)NOCC(=O)O)c(NC(=O)OCC2c3ccccc3-c3ccccc32)c1. The van der Waals surface area contributed by atoms with E-state index in [0.717, 1.165) is 22.3 Å². The van der Waals surface area contributed by atoms with Crippen molar-refractivity contribution in [1.29, 1.82) is 0 Å². The Labute approximate surface area is 195 Å². The molecule has 3 aromatic carbocycles. The summed E-state index contributed by atoms with van der Waals surface area (Å²) in [5, 5.41) is 11.2. The molecule has 0 bridgehead atoms. The van der Waals surface area contributed by atoms with E-state index in [1.807, 2.05) is 54.0 Å². The van der Waals surface area contributed by atoms with Crippen LogP contribution in [-0.4, -0.2) is 43.4 Å². The van der Waals surface area contributed by atoms with Gasteiger partial charge < -0.3 is 14.6 Å². The van der Waals surface area contributed by atoms with Gasteiger partial charge in [-0.15, -0.1) is 0 Å². The molecule has 0 saturated heterocycles. The largest absolute Gasteiger partial charge is 0.497 e. The molecule has 0 heterocycles. The summed E-state index contributed by atoms with van der Waals surface area (Å²) in [6, 6.07) is 20.4. The van der Waals surface area contributed by atoms with Crippen molar-refractivity contribution < 1.29 is 33.8 Å². The summed E-state index contributed by atoms with van der Waals surface area (Å²) < 4.78 is 10.7. The molecular weight excluding hydrogens is 440 g/mol. The number of aliphatic carboxylic acids is 1. The fraction of sp³-hybridized carbons (Fsp3) is 0.160. The van der Waals surface area contributed by atoms with E-state index in [1.54, 1.807) is 0 Å². The number of hydroxylamine groups is 1. The van der Waals surface area contributed by atoms with Crippen LogP contribution in [0.3, 0.4) is 0 Å². The standard InChI is InChI=1S/C25H22N2O7/c1-32-15-10-11-20(24(30)27-34-14-23(28)29)22(12-15)26-25(31)33-13-21-18-8-4-2-6-16(18)17-7-3-5-9-19(17)21/h2-12,21H,13-14H2,1H3,(H,26,31)(H,27,30)(H,28,29). The maximum Gasteiger partial charge on any atom is 0.411 e. The van der Waals surface area contributed by atoms with Crippen molar-refractivity contribution in [1.82, 2.24) is 5.48 Å². The minimum Gasteiger partial charge on any atom is -0.497 e. The molecule has 0 unspecified atom stereocenters. The monoisotopic (exact) mass is 462 g/mol. The Hall–Kier alpha value is -4.37. The van der Waals surface area contributed by atoms with Gasteiger partial charge in [-0.25, -0.2) is 15.1 Å². The van der Waals surface area contributed by atoms with Gasteiger partial charge in [-0.1, -0.05) is 48.5 Å². The number of anilines is 1. The maximum atomic E-state index is 12.7. The number of rotatable bonds is 8. The van der Waals surface area contributed by atoms with Gasteiger partial charge in [0.25, 0.3) is 5.91 Å². The lowest BCUT2D eigenvalue weighted by atomic mass is 9.98. The topological polar surface area (TPSA) is 123 Å². The minimum atomic E-state index is -1.24. The summed E-state index contributed by atoms with van der Waals surface area (Å²) >= 11 is 0. The van der Waals surface area contributed by atoms with E-state index in [2.05, 4.69) is 10.2 Å². The number of carboxylic acids is 1. The first-order chi connectivity index (χ1) is 16.5. The quantitative estimate of drug-likeness (QED) is 0.435. The molecule has 0 spiro atoms. The molecule has 34 heavy (non-hydrogen) atoms. The number of benzene rings is 3. The van der Waals surface area contributed by atoms with Crippen molar-refractivity contribution in [3.63, 3.8) is 0 Å². The lowest BCUT2D eigenvalue weighted by Crippen LogP contribution is -2.28. The van der Waals surface area contributed by atoms with Gasteiger partial charge in [-0.2, -0.15) is 0 Å². The van der Waals surface area contributed by atoms with Crippen LogP contribution in [0, 0.1) is 0 Å². The lowest BCUT2D eigenvalue weighted by molar-refractivity contribution is -0.144. The number of nitrogens with one attached hydrogen (secondary N) is 2. The van der Waals surface area contributed by atoms with Gasteiger partial charge in [0.1, 0.15) is 12.4 Å². The predicted octanol–water partition coefficient (Wildman–Crippen LogP) is 3.80. The Kier molecular flexibility index (Phi) is 6.74. The van der Waals surface area contributed by atoms with Gasteiger partial charge in [0.15, 0.2) is 6.61 Å². The molecule has 9 nitrogen and oxygen atoms in total. The average molecular weight is 462 g/mol. The van der Waals surface area contributed by atoms with Crippen LogP contribution < -0.4 is 15.5 Å². The third-order valence-electron chi connectivity index (χ3n) is 5.41. The highest BCUT2D eigenvalue weighted by atomic mass is 16.7. The van der Waals surface area contributed by atoms with Crippen molar-refractivity contribution in [3.05, 3.63) is 83.4 Å². The van der Waals surface area contributed by atoms with Gasteiger partial charge in [0.05, 0.1) is 18.4 Å². The zero-order valence-corrected chi connectivity index (χ0v) is 18.2. The number of carboxylic acid groups (broad SMARTS) is 1. The molecule has 0 fully saturated rings. The number of hydrogen-bond donors (Lipinski definition) is 3. The molecule has 3 N–H and O–H groups in total. The van der Waals surface area contributed by atoms with E-state index in [1.165, 1.54) is 25.3 Å². The molecule has 2 amide bonds. The summed E-state index contributed by atoms with van der Waals surface area (Å²) in [7, 11) is 1.45. The third kappa shape index (κ3) is 4.84. The first kappa shape index (κ1) is 22.8. The molecule has 3 aromatic rings. The van der Waals surface area contributed by atoms with Gasteiger partial charge >= 0.3 is 12.1 Å². The second-order valence-corrected chi connectivity index (χ2v) is 7.48. The second kappa shape index (κ2) is 10.1. The van der Waals surface area contributed by atoms with Crippen molar-refractivity contribution in [2.24, 2.45) is 0 Å². The second-order valence-electron chi connectivity index (χ2n) is 7.48. The van der Waals surface area contributed by atoms with Crippen molar-refractivity contribution in [2.45, 2.75) is 5.92 Å². The summed E-state index contributed by atoms with van der Waals surface area (Å²) in [4.78, 5) is 40.3. The van der Waals surface area contributed by atoms with Crippen LogP contribution in [0.2, 0.25) is 0 Å². The van der Waals surface area contributed by atoms with Crippen molar-refractivity contribution in [3.8, 4) is 16.9 Å². The smallest absolute Gasteiger partial charge is 0.411 e. The van der Waals surface area contributed by atoms with Gasteiger partial charge in [0, 0.05) is 12.0 Å². The highest BCUT2D eigenvalue weighted by molar-refractivity contribution is 6.02. The van der Waals surface area contributed by atoms with E-state index < -0.39 is 24.6 Å². The molecule has 0 aromatic heterocycles. The minimum absolute atomic E-state index is 0.0414. The van der Waals surface area contributed by atoms with Gasteiger partial charge in [-0.3, -0.25) is 14.9 Å². The Bertz CT molecular complexity index is 1200. The van der Waals surface area contributed by atoms with Crippen molar-refractivity contribution in [2.75, 3.05) is 25.6 Å². The number of hydrogen-bond acceptors (Lipinski definition) is 6. The first-order valence-electron chi connectivity index (χ1n) is 10.4. The fourth-order valence-corrected chi connectivity index (χ4v) is 3.91. The van der Waals surface area contributed by atoms with Crippen LogP contribution in [0.15, 0.2) is 66.7 Å². The fourth-order valence-electron chi connectivity index (χ4n) is 3.91. The Morgan fingerprint density at radius 3 is 2.21 bits per heavy atom. The zero-order chi connectivity index (χ0) is 24.1. The van der Waals surface area contributed by atoms with Crippen LogP contribution in [-0.2, 0) is 14.4 Å². The highest BCUT2D eigenvalue weighted by Gasteiger charge is 2.29. The molecule has 0 radical (unpaired) electrons. The number of ether oxygens (including phenoxy) is 2. The number of fused-ring (bicyclic) bond motifs is 3. The van der Waals surface area contributed by atoms with Crippen LogP contribution in [0.25, 0.3) is 11.1 Å². The first-order valence-corrected chi connectivity index (χ1v) is 10.4.